The summed E-state index contributed by atoms with van der Waals surface area (Å²) in [7, 11) is 1.55. The van der Waals surface area contributed by atoms with Gasteiger partial charge in [-0.15, -0.1) is 0 Å². The van der Waals surface area contributed by atoms with Gasteiger partial charge >= 0.3 is 0 Å². The van der Waals surface area contributed by atoms with Crippen molar-refractivity contribution in [2.45, 2.75) is 0 Å². The molecule has 126 valence electrons. The van der Waals surface area contributed by atoms with Crippen molar-refractivity contribution in [1.82, 2.24) is 0 Å². The number of nitrogens with one attached hydrogen (secondary N) is 1. The minimum Gasteiger partial charge on any atom is -0.496 e. The highest BCUT2D eigenvalue weighted by Crippen LogP contribution is 2.29. The van der Waals surface area contributed by atoms with E-state index in [1.165, 1.54) is 0 Å². The number of carbonyl (C=O) groups excluding carboxylic acids is 1. The molecule has 0 aliphatic carbocycles. The molecular formula is C19H21NO4. The lowest BCUT2D eigenvalue weighted by Gasteiger charge is -2.40. The van der Waals surface area contributed by atoms with Gasteiger partial charge in [0.05, 0.1) is 37.9 Å². The Bertz CT molecular complexity index is 705. The topological polar surface area (TPSA) is 67.8 Å². The summed E-state index contributed by atoms with van der Waals surface area (Å²) in [6, 6.07) is 14.6. The Morgan fingerprint density at radius 2 is 2.00 bits per heavy atom. The zero-order chi connectivity index (χ0) is 17.0. The lowest BCUT2D eigenvalue weighted by atomic mass is 9.87. The Balaban J connectivity index is 1.81. The summed E-state index contributed by atoms with van der Waals surface area (Å²) >= 11 is 0. The maximum absolute atomic E-state index is 12.7. The molecule has 0 unspecified atom stereocenters. The molecule has 0 spiro atoms. The van der Waals surface area contributed by atoms with E-state index < -0.39 is 0 Å². The van der Waals surface area contributed by atoms with Crippen LogP contribution in [0.25, 0.3) is 0 Å². The molecule has 1 heterocycles. The van der Waals surface area contributed by atoms with Gasteiger partial charge in [-0.05, 0) is 18.2 Å². The van der Waals surface area contributed by atoms with Crippen LogP contribution in [0.1, 0.15) is 15.9 Å². The maximum Gasteiger partial charge on any atom is 0.196 e. The molecule has 1 saturated heterocycles. The lowest BCUT2D eigenvalue weighted by Crippen LogP contribution is -2.50. The van der Waals surface area contributed by atoms with Gasteiger partial charge in [0.15, 0.2) is 5.78 Å². The van der Waals surface area contributed by atoms with Gasteiger partial charge in [-0.1, -0.05) is 30.3 Å². The number of carbonyl (C=O) groups is 1. The van der Waals surface area contributed by atoms with E-state index in [1.807, 2.05) is 24.3 Å². The number of ketones is 1. The third kappa shape index (κ3) is 3.27. The number of hydrogen-bond acceptors (Lipinski definition) is 5. The molecule has 0 amide bonds. The van der Waals surface area contributed by atoms with Crippen LogP contribution < -0.4 is 10.1 Å². The average Bonchev–Trinajstić information content (AvgIpc) is 2.61. The average molecular weight is 327 g/mol. The number of aliphatic hydroxyl groups is 1. The second kappa shape index (κ2) is 7.03. The Morgan fingerprint density at radius 3 is 2.58 bits per heavy atom. The van der Waals surface area contributed by atoms with Crippen molar-refractivity contribution >= 4 is 11.5 Å². The zero-order valence-corrected chi connectivity index (χ0v) is 13.6. The molecule has 5 heteroatoms. The van der Waals surface area contributed by atoms with Crippen molar-refractivity contribution < 1.29 is 19.4 Å². The Hall–Kier alpha value is -2.37. The Labute approximate surface area is 141 Å². The van der Waals surface area contributed by atoms with Crippen LogP contribution in [-0.4, -0.2) is 44.4 Å². The molecule has 0 aromatic heterocycles. The number of methoxy groups -OCH3 is 1. The van der Waals surface area contributed by atoms with Crippen molar-refractivity contribution in [2.75, 3.05) is 38.8 Å². The maximum atomic E-state index is 12.7. The molecule has 1 fully saturated rings. The minimum atomic E-state index is -0.233. The number of rotatable bonds is 7. The van der Waals surface area contributed by atoms with Crippen LogP contribution in [0.15, 0.2) is 48.5 Å². The summed E-state index contributed by atoms with van der Waals surface area (Å²) in [4.78, 5) is 12.7. The molecule has 2 aromatic carbocycles. The van der Waals surface area contributed by atoms with Crippen LogP contribution >= 0.6 is 0 Å². The van der Waals surface area contributed by atoms with Gasteiger partial charge in [0, 0.05) is 17.8 Å². The highest BCUT2D eigenvalue weighted by Gasteiger charge is 2.37. The Morgan fingerprint density at radius 1 is 1.25 bits per heavy atom. The normalized spacial score (nSPS) is 15.4. The summed E-state index contributed by atoms with van der Waals surface area (Å²) in [5.74, 6) is 0.457. The second-order valence-corrected chi connectivity index (χ2v) is 6.11. The van der Waals surface area contributed by atoms with Crippen molar-refractivity contribution in [3.05, 3.63) is 59.7 Å². The molecule has 0 bridgehead atoms. The molecule has 0 saturated carbocycles. The van der Waals surface area contributed by atoms with E-state index in [9.17, 15) is 9.90 Å². The largest absolute Gasteiger partial charge is 0.496 e. The van der Waals surface area contributed by atoms with Crippen LogP contribution in [0.5, 0.6) is 5.75 Å². The summed E-state index contributed by atoms with van der Waals surface area (Å²) in [6.07, 6.45) is 0. The lowest BCUT2D eigenvalue weighted by molar-refractivity contribution is -0.128. The first kappa shape index (κ1) is 16.5. The van der Waals surface area contributed by atoms with E-state index in [0.717, 1.165) is 5.69 Å². The minimum absolute atomic E-state index is 0.0754. The molecule has 1 aliphatic rings. The summed E-state index contributed by atoms with van der Waals surface area (Å²) in [6.45, 7) is 1.76. The summed E-state index contributed by atoms with van der Waals surface area (Å²) in [5.41, 5.74) is 1.71. The van der Waals surface area contributed by atoms with E-state index in [1.54, 1.807) is 31.4 Å². The summed E-state index contributed by atoms with van der Waals surface area (Å²) < 4.78 is 10.5. The second-order valence-electron chi connectivity index (χ2n) is 6.11. The summed E-state index contributed by atoms with van der Waals surface area (Å²) in [5, 5.41) is 12.8. The molecule has 2 aromatic rings. The highest BCUT2D eigenvalue weighted by atomic mass is 16.5. The fraction of sp³-hybridized carbons (Fsp3) is 0.316. The van der Waals surface area contributed by atoms with E-state index in [0.29, 0.717) is 36.6 Å². The predicted octanol–water partition coefficient (Wildman–Crippen LogP) is 2.35. The van der Waals surface area contributed by atoms with E-state index in [4.69, 9.17) is 9.47 Å². The number of hydrogen-bond donors (Lipinski definition) is 2. The third-order valence-corrected chi connectivity index (χ3v) is 4.30. The molecule has 24 heavy (non-hydrogen) atoms. The van der Waals surface area contributed by atoms with E-state index in [-0.39, 0.29) is 17.8 Å². The van der Waals surface area contributed by atoms with Gasteiger partial charge in [0.2, 0.25) is 0 Å². The smallest absolute Gasteiger partial charge is 0.196 e. The van der Waals surface area contributed by atoms with E-state index in [2.05, 4.69) is 5.32 Å². The third-order valence-electron chi connectivity index (χ3n) is 4.30. The van der Waals surface area contributed by atoms with Crippen molar-refractivity contribution in [2.24, 2.45) is 5.41 Å². The fourth-order valence-corrected chi connectivity index (χ4v) is 2.67. The molecule has 0 radical (unpaired) electrons. The standard InChI is InChI=1S/C19H21NO4/c1-23-17-8-7-15(20-10-19(11-21)12-24-13-19)9-16(17)18(22)14-5-3-2-4-6-14/h2-9,20-21H,10-13H2,1H3. The van der Waals surface area contributed by atoms with Crippen LogP contribution in [0.2, 0.25) is 0 Å². The first-order chi connectivity index (χ1) is 11.7. The van der Waals surface area contributed by atoms with Gasteiger partial charge in [-0.3, -0.25) is 4.79 Å². The van der Waals surface area contributed by atoms with Crippen LogP contribution in [0.4, 0.5) is 5.69 Å². The first-order valence-electron chi connectivity index (χ1n) is 7.88. The molecule has 1 aliphatic heterocycles. The number of anilines is 1. The van der Waals surface area contributed by atoms with Crippen LogP contribution in [-0.2, 0) is 4.74 Å². The van der Waals surface area contributed by atoms with Gasteiger partial charge in [-0.2, -0.15) is 0 Å². The van der Waals surface area contributed by atoms with Gasteiger partial charge in [0.25, 0.3) is 0 Å². The van der Waals surface area contributed by atoms with Crippen LogP contribution in [0, 0.1) is 5.41 Å². The SMILES string of the molecule is COc1ccc(NCC2(CO)COC2)cc1C(=O)c1ccccc1. The molecule has 3 rings (SSSR count). The highest BCUT2D eigenvalue weighted by molar-refractivity contribution is 6.11. The Kier molecular flexibility index (Phi) is 4.83. The molecule has 5 nitrogen and oxygen atoms in total. The van der Waals surface area contributed by atoms with Gasteiger partial charge in [0.1, 0.15) is 5.75 Å². The van der Waals surface area contributed by atoms with Crippen molar-refractivity contribution in [1.29, 1.82) is 0 Å². The van der Waals surface area contributed by atoms with Crippen molar-refractivity contribution in [3.8, 4) is 5.75 Å². The number of benzene rings is 2. The zero-order valence-electron chi connectivity index (χ0n) is 13.6. The van der Waals surface area contributed by atoms with Crippen molar-refractivity contribution in [3.63, 3.8) is 0 Å². The van der Waals surface area contributed by atoms with E-state index >= 15 is 0 Å². The molecular weight excluding hydrogens is 306 g/mol. The molecule has 0 atom stereocenters. The number of aliphatic hydroxyl groups excluding tert-OH is 1. The van der Waals surface area contributed by atoms with Gasteiger partial charge in [-0.25, -0.2) is 0 Å². The number of ether oxygens (including phenoxy) is 2. The first-order valence-corrected chi connectivity index (χ1v) is 7.88. The fourth-order valence-electron chi connectivity index (χ4n) is 2.67. The quantitative estimate of drug-likeness (QED) is 0.764. The predicted molar refractivity (Wildman–Crippen MR) is 91.7 cm³/mol. The molecule has 2 N–H and O–H groups in total. The van der Waals surface area contributed by atoms with Crippen LogP contribution in [0.3, 0.4) is 0 Å². The monoisotopic (exact) mass is 327 g/mol. The van der Waals surface area contributed by atoms with Gasteiger partial charge < -0.3 is 19.9 Å².